The number of hydrogen-bond acceptors (Lipinski definition) is 1. The fourth-order valence-corrected chi connectivity index (χ4v) is 2.82. The first-order chi connectivity index (χ1) is 7.58. The van der Waals surface area contributed by atoms with Crippen LogP contribution in [0.25, 0.3) is 0 Å². The van der Waals surface area contributed by atoms with Crippen molar-refractivity contribution < 1.29 is 0 Å². The van der Waals surface area contributed by atoms with Gasteiger partial charge in [0, 0.05) is 15.5 Å². The average molecular weight is 305 g/mol. The van der Waals surface area contributed by atoms with E-state index >= 15 is 0 Å². The molecule has 0 radical (unpaired) electrons. The Labute approximate surface area is 112 Å². The van der Waals surface area contributed by atoms with Crippen LogP contribution in [0.4, 0.5) is 0 Å². The van der Waals surface area contributed by atoms with E-state index in [1.54, 1.807) is 0 Å². The Balaban J connectivity index is 2.72. The molecular formula is C13H19BrClN. The van der Waals surface area contributed by atoms with E-state index in [0.29, 0.717) is 12.0 Å². The second-order valence-electron chi connectivity index (χ2n) is 4.22. The van der Waals surface area contributed by atoms with Crippen LogP contribution in [0.2, 0.25) is 5.02 Å². The Morgan fingerprint density at radius 1 is 1.44 bits per heavy atom. The predicted octanol–water partition coefficient (Wildman–Crippen LogP) is 4.28. The van der Waals surface area contributed by atoms with Gasteiger partial charge in [-0.15, -0.1) is 0 Å². The Morgan fingerprint density at radius 3 is 2.62 bits per heavy atom. The van der Waals surface area contributed by atoms with Gasteiger partial charge in [-0.05, 0) is 43.5 Å². The first-order valence-electron chi connectivity index (χ1n) is 5.69. The maximum atomic E-state index is 6.21. The van der Waals surface area contributed by atoms with Gasteiger partial charge in [0.15, 0.2) is 0 Å². The van der Waals surface area contributed by atoms with Crippen molar-refractivity contribution in [2.45, 2.75) is 32.7 Å². The molecule has 0 aliphatic rings. The smallest absolute Gasteiger partial charge is 0.0449 e. The minimum atomic E-state index is 0.555. The summed E-state index contributed by atoms with van der Waals surface area (Å²) in [5.41, 5.74) is 1.23. The van der Waals surface area contributed by atoms with Crippen LogP contribution in [0.5, 0.6) is 0 Å². The van der Waals surface area contributed by atoms with E-state index in [1.807, 2.05) is 19.2 Å². The SMILES string of the molecule is CCC(NC)C(C)Cc1ccc(Br)cc1Cl. The summed E-state index contributed by atoms with van der Waals surface area (Å²) >= 11 is 9.64. The number of nitrogens with one attached hydrogen (secondary N) is 1. The first-order valence-corrected chi connectivity index (χ1v) is 6.86. The summed E-state index contributed by atoms with van der Waals surface area (Å²) in [4.78, 5) is 0. The maximum Gasteiger partial charge on any atom is 0.0449 e. The predicted molar refractivity (Wildman–Crippen MR) is 75.2 cm³/mol. The minimum Gasteiger partial charge on any atom is -0.317 e. The highest BCUT2D eigenvalue weighted by Gasteiger charge is 2.15. The highest BCUT2D eigenvalue weighted by Crippen LogP contribution is 2.24. The first kappa shape index (κ1) is 14.0. The van der Waals surface area contributed by atoms with Gasteiger partial charge in [-0.1, -0.05) is 47.4 Å². The van der Waals surface area contributed by atoms with Crippen LogP contribution in [0.1, 0.15) is 25.8 Å². The molecule has 1 N–H and O–H groups in total. The minimum absolute atomic E-state index is 0.555. The summed E-state index contributed by atoms with van der Waals surface area (Å²) in [6.45, 7) is 4.48. The van der Waals surface area contributed by atoms with Gasteiger partial charge in [0.25, 0.3) is 0 Å². The summed E-state index contributed by atoms with van der Waals surface area (Å²) in [5.74, 6) is 0.591. The van der Waals surface area contributed by atoms with Gasteiger partial charge in [0.2, 0.25) is 0 Å². The Bertz CT molecular complexity index is 337. The second kappa shape index (κ2) is 6.63. The fourth-order valence-electron chi connectivity index (χ4n) is 2.07. The molecule has 2 atom stereocenters. The van der Waals surface area contributed by atoms with Crippen LogP contribution in [0.3, 0.4) is 0 Å². The standard InChI is InChI=1S/C13H19BrClN/c1-4-13(16-3)9(2)7-10-5-6-11(14)8-12(10)15/h5-6,8-9,13,16H,4,7H2,1-3H3. The molecule has 0 aliphatic carbocycles. The van der Waals surface area contributed by atoms with E-state index in [2.05, 4.69) is 41.2 Å². The Kier molecular flexibility index (Phi) is 5.81. The molecule has 1 nitrogen and oxygen atoms in total. The molecule has 0 aromatic heterocycles. The van der Waals surface area contributed by atoms with Gasteiger partial charge in [-0.2, -0.15) is 0 Å². The molecule has 1 rings (SSSR count). The quantitative estimate of drug-likeness (QED) is 0.856. The third kappa shape index (κ3) is 3.76. The van der Waals surface area contributed by atoms with Crippen LogP contribution < -0.4 is 5.32 Å². The molecular weight excluding hydrogens is 286 g/mol. The Hall–Kier alpha value is -0.0500. The molecule has 0 spiro atoms. The zero-order valence-electron chi connectivity index (χ0n) is 10.1. The van der Waals surface area contributed by atoms with Gasteiger partial charge in [-0.25, -0.2) is 0 Å². The number of hydrogen-bond donors (Lipinski definition) is 1. The third-order valence-electron chi connectivity index (χ3n) is 3.05. The van der Waals surface area contributed by atoms with E-state index in [0.717, 1.165) is 22.3 Å². The largest absolute Gasteiger partial charge is 0.317 e. The highest BCUT2D eigenvalue weighted by molar-refractivity contribution is 9.10. The van der Waals surface area contributed by atoms with Crippen LogP contribution in [-0.2, 0) is 6.42 Å². The fraction of sp³-hybridized carbons (Fsp3) is 0.538. The lowest BCUT2D eigenvalue weighted by atomic mass is 9.92. The topological polar surface area (TPSA) is 12.0 Å². The van der Waals surface area contributed by atoms with Crippen molar-refractivity contribution in [3.05, 3.63) is 33.3 Å². The monoisotopic (exact) mass is 303 g/mol. The summed E-state index contributed by atoms with van der Waals surface area (Å²) in [6.07, 6.45) is 2.16. The van der Waals surface area contributed by atoms with E-state index < -0.39 is 0 Å². The molecule has 1 aromatic rings. The van der Waals surface area contributed by atoms with Gasteiger partial charge in [0.05, 0.1) is 0 Å². The van der Waals surface area contributed by atoms with Crippen LogP contribution in [0, 0.1) is 5.92 Å². The van der Waals surface area contributed by atoms with E-state index in [9.17, 15) is 0 Å². The molecule has 90 valence electrons. The summed E-state index contributed by atoms with van der Waals surface area (Å²) in [7, 11) is 2.02. The summed E-state index contributed by atoms with van der Waals surface area (Å²) in [5, 5.41) is 4.20. The van der Waals surface area contributed by atoms with Gasteiger partial charge in [0.1, 0.15) is 0 Å². The van der Waals surface area contributed by atoms with Crippen molar-refractivity contribution in [3.63, 3.8) is 0 Å². The molecule has 1 aromatic carbocycles. The number of halogens is 2. The maximum absolute atomic E-state index is 6.21. The molecule has 0 saturated carbocycles. The van der Waals surface area contributed by atoms with Crippen molar-refractivity contribution in [3.8, 4) is 0 Å². The number of rotatable bonds is 5. The van der Waals surface area contributed by atoms with Crippen molar-refractivity contribution in [1.29, 1.82) is 0 Å². The lowest BCUT2D eigenvalue weighted by molar-refractivity contribution is 0.387. The van der Waals surface area contributed by atoms with Gasteiger partial charge in [-0.3, -0.25) is 0 Å². The lowest BCUT2D eigenvalue weighted by Gasteiger charge is -2.22. The normalized spacial score (nSPS) is 14.8. The van der Waals surface area contributed by atoms with Gasteiger partial charge < -0.3 is 5.32 Å². The molecule has 3 heteroatoms. The molecule has 0 fully saturated rings. The van der Waals surface area contributed by atoms with Crippen molar-refractivity contribution >= 4 is 27.5 Å². The van der Waals surface area contributed by atoms with E-state index in [1.165, 1.54) is 5.56 Å². The molecule has 0 aliphatic heterocycles. The zero-order chi connectivity index (χ0) is 12.1. The lowest BCUT2D eigenvalue weighted by Crippen LogP contribution is -2.32. The second-order valence-corrected chi connectivity index (χ2v) is 5.54. The average Bonchev–Trinajstić information content (AvgIpc) is 2.24. The summed E-state index contributed by atoms with van der Waals surface area (Å²) < 4.78 is 1.04. The molecule has 0 saturated heterocycles. The van der Waals surface area contributed by atoms with Crippen molar-refractivity contribution in [2.75, 3.05) is 7.05 Å². The zero-order valence-corrected chi connectivity index (χ0v) is 12.4. The molecule has 0 bridgehead atoms. The highest BCUT2D eigenvalue weighted by atomic mass is 79.9. The van der Waals surface area contributed by atoms with Crippen LogP contribution >= 0.6 is 27.5 Å². The van der Waals surface area contributed by atoms with Crippen LogP contribution in [-0.4, -0.2) is 13.1 Å². The summed E-state index contributed by atoms with van der Waals surface area (Å²) in [6, 6.07) is 6.67. The molecule has 2 unspecified atom stereocenters. The van der Waals surface area contributed by atoms with Crippen molar-refractivity contribution in [1.82, 2.24) is 5.32 Å². The number of benzene rings is 1. The third-order valence-corrected chi connectivity index (χ3v) is 3.90. The van der Waals surface area contributed by atoms with Crippen LogP contribution in [0.15, 0.2) is 22.7 Å². The molecule has 0 heterocycles. The molecule has 16 heavy (non-hydrogen) atoms. The van der Waals surface area contributed by atoms with Gasteiger partial charge >= 0.3 is 0 Å². The van der Waals surface area contributed by atoms with Crippen molar-refractivity contribution in [2.24, 2.45) is 5.92 Å². The van der Waals surface area contributed by atoms with E-state index in [4.69, 9.17) is 11.6 Å². The van der Waals surface area contributed by atoms with E-state index in [-0.39, 0.29) is 0 Å². The Morgan fingerprint density at radius 2 is 2.12 bits per heavy atom. The molecule has 0 amide bonds.